The van der Waals surface area contributed by atoms with Crippen molar-refractivity contribution in [2.75, 3.05) is 0 Å². The minimum atomic E-state index is 0.232. The van der Waals surface area contributed by atoms with Crippen molar-refractivity contribution in [3.63, 3.8) is 0 Å². The van der Waals surface area contributed by atoms with Gasteiger partial charge in [0.1, 0.15) is 0 Å². The number of rotatable bonds is 6. The fourth-order valence-electron chi connectivity index (χ4n) is 1.91. The molecule has 2 heteroatoms. The minimum Gasteiger partial charge on any atom is -0.294 e. The summed E-state index contributed by atoms with van der Waals surface area (Å²) in [7, 11) is 0. The molecule has 19 heavy (non-hydrogen) atoms. The molecule has 0 saturated carbocycles. The summed E-state index contributed by atoms with van der Waals surface area (Å²) in [5, 5.41) is 0.343. The van der Waals surface area contributed by atoms with E-state index in [1.54, 1.807) is 11.8 Å². The molecule has 0 fully saturated rings. The van der Waals surface area contributed by atoms with Crippen LogP contribution in [0.1, 0.15) is 30.1 Å². The Morgan fingerprint density at radius 3 is 2.16 bits per heavy atom. The molecule has 0 aliphatic carbocycles. The van der Waals surface area contributed by atoms with Crippen molar-refractivity contribution in [2.24, 2.45) is 0 Å². The molecule has 0 heterocycles. The first kappa shape index (κ1) is 13.9. The summed E-state index contributed by atoms with van der Waals surface area (Å²) in [6, 6.07) is 19.8. The molecule has 0 aromatic heterocycles. The van der Waals surface area contributed by atoms with Crippen molar-refractivity contribution in [3.05, 3.63) is 66.2 Å². The summed E-state index contributed by atoms with van der Waals surface area (Å²) >= 11 is 1.79. The van der Waals surface area contributed by atoms with E-state index in [1.807, 2.05) is 48.5 Å². The first-order valence-corrected chi connectivity index (χ1v) is 7.47. The highest BCUT2D eigenvalue weighted by molar-refractivity contribution is 8.00. The molecule has 0 N–H and O–H groups in total. The number of carbonyl (C=O) groups is 1. The molecule has 1 unspecified atom stereocenters. The van der Waals surface area contributed by atoms with Crippen LogP contribution >= 0.6 is 11.8 Å². The third kappa shape index (κ3) is 4.25. The molecular formula is C17H18OS. The summed E-state index contributed by atoms with van der Waals surface area (Å²) in [4.78, 5) is 13.4. The number of Topliss-reactive ketones (excluding diaryl/α,β-unsaturated/α-hetero) is 1. The van der Waals surface area contributed by atoms with Gasteiger partial charge in [0.2, 0.25) is 0 Å². The van der Waals surface area contributed by atoms with Crippen LogP contribution in [0.25, 0.3) is 0 Å². The van der Waals surface area contributed by atoms with Crippen LogP contribution in [0.4, 0.5) is 0 Å². The Morgan fingerprint density at radius 1 is 1.00 bits per heavy atom. The molecule has 2 rings (SSSR count). The van der Waals surface area contributed by atoms with Crippen LogP contribution in [-0.4, -0.2) is 11.0 Å². The standard InChI is InChI=1S/C17H18OS/c1-2-15(19-16-11-7-4-8-12-16)13-17(18)14-9-5-3-6-10-14/h3-12,15H,2,13H2,1H3. The summed E-state index contributed by atoms with van der Waals surface area (Å²) in [6.45, 7) is 2.14. The van der Waals surface area contributed by atoms with Crippen molar-refractivity contribution in [1.29, 1.82) is 0 Å². The number of benzene rings is 2. The minimum absolute atomic E-state index is 0.232. The molecule has 0 aliphatic rings. The van der Waals surface area contributed by atoms with Gasteiger partial charge in [-0.3, -0.25) is 4.79 Å². The average molecular weight is 270 g/mol. The maximum Gasteiger partial charge on any atom is 0.163 e. The Balaban J connectivity index is 1.98. The molecule has 0 spiro atoms. The Hall–Kier alpha value is -1.54. The molecule has 0 bridgehead atoms. The zero-order chi connectivity index (χ0) is 13.5. The summed E-state index contributed by atoms with van der Waals surface area (Å²) in [5.74, 6) is 0.232. The Labute approximate surface area is 119 Å². The van der Waals surface area contributed by atoms with Crippen LogP contribution in [-0.2, 0) is 0 Å². The lowest BCUT2D eigenvalue weighted by atomic mass is 10.1. The van der Waals surface area contributed by atoms with Gasteiger partial charge < -0.3 is 0 Å². The topological polar surface area (TPSA) is 17.1 Å². The molecule has 0 radical (unpaired) electrons. The van der Waals surface area contributed by atoms with Gasteiger partial charge in [0.15, 0.2) is 5.78 Å². The van der Waals surface area contributed by atoms with E-state index in [1.165, 1.54) is 4.90 Å². The van der Waals surface area contributed by atoms with Gasteiger partial charge in [-0.15, -0.1) is 11.8 Å². The maximum atomic E-state index is 12.2. The van der Waals surface area contributed by atoms with Crippen molar-refractivity contribution in [1.82, 2.24) is 0 Å². The van der Waals surface area contributed by atoms with E-state index < -0.39 is 0 Å². The molecule has 98 valence electrons. The zero-order valence-electron chi connectivity index (χ0n) is 11.1. The number of carbonyl (C=O) groups excluding carboxylic acids is 1. The normalized spacial score (nSPS) is 12.1. The molecule has 0 saturated heterocycles. The van der Waals surface area contributed by atoms with Gasteiger partial charge in [0, 0.05) is 22.1 Å². The summed E-state index contributed by atoms with van der Waals surface area (Å²) in [5.41, 5.74) is 0.814. The monoisotopic (exact) mass is 270 g/mol. The molecule has 1 nitrogen and oxygen atoms in total. The average Bonchev–Trinajstić information content (AvgIpc) is 2.48. The smallest absolute Gasteiger partial charge is 0.163 e. The first-order valence-electron chi connectivity index (χ1n) is 6.59. The fourth-order valence-corrected chi connectivity index (χ4v) is 3.01. The van der Waals surface area contributed by atoms with E-state index in [4.69, 9.17) is 0 Å². The Kier molecular flexibility index (Phi) is 5.22. The van der Waals surface area contributed by atoms with Gasteiger partial charge in [-0.05, 0) is 18.6 Å². The van der Waals surface area contributed by atoms with Crippen molar-refractivity contribution < 1.29 is 4.79 Å². The number of ketones is 1. The van der Waals surface area contributed by atoms with E-state index in [0.717, 1.165) is 12.0 Å². The van der Waals surface area contributed by atoms with Gasteiger partial charge in [0.25, 0.3) is 0 Å². The van der Waals surface area contributed by atoms with Gasteiger partial charge in [0.05, 0.1) is 0 Å². The van der Waals surface area contributed by atoms with Gasteiger partial charge in [-0.1, -0.05) is 55.5 Å². The van der Waals surface area contributed by atoms with Crippen LogP contribution in [0.15, 0.2) is 65.6 Å². The third-order valence-electron chi connectivity index (χ3n) is 3.01. The van der Waals surface area contributed by atoms with E-state index >= 15 is 0 Å². The largest absolute Gasteiger partial charge is 0.294 e. The van der Waals surface area contributed by atoms with E-state index in [2.05, 4.69) is 19.1 Å². The summed E-state index contributed by atoms with van der Waals surface area (Å²) in [6.07, 6.45) is 1.60. The number of thioether (sulfide) groups is 1. The quantitative estimate of drug-likeness (QED) is 0.552. The Morgan fingerprint density at radius 2 is 1.58 bits per heavy atom. The summed E-state index contributed by atoms with van der Waals surface area (Å²) < 4.78 is 0. The Bertz CT molecular complexity index is 507. The fraction of sp³-hybridized carbons (Fsp3) is 0.235. The second-order valence-electron chi connectivity index (χ2n) is 4.45. The molecule has 1 atom stereocenters. The predicted octanol–water partition coefficient (Wildman–Crippen LogP) is 4.83. The second-order valence-corrected chi connectivity index (χ2v) is 5.83. The number of hydrogen-bond donors (Lipinski definition) is 0. The van der Waals surface area contributed by atoms with Gasteiger partial charge >= 0.3 is 0 Å². The molecule has 0 aliphatic heterocycles. The van der Waals surface area contributed by atoms with Crippen molar-refractivity contribution in [3.8, 4) is 0 Å². The lowest BCUT2D eigenvalue weighted by molar-refractivity contribution is 0.0981. The molecule has 2 aromatic rings. The first-order chi connectivity index (χ1) is 9.29. The third-order valence-corrected chi connectivity index (χ3v) is 4.39. The van der Waals surface area contributed by atoms with Crippen molar-refractivity contribution in [2.45, 2.75) is 29.9 Å². The van der Waals surface area contributed by atoms with Crippen LogP contribution in [0.3, 0.4) is 0 Å². The van der Waals surface area contributed by atoms with Crippen LogP contribution < -0.4 is 0 Å². The lowest BCUT2D eigenvalue weighted by Gasteiger charge is -2.13. The van der Waals surface area contributed by atoms with Crippen LogP contribution in [0, 0.1) is 0 Å². The number of hydrogen-bond acceptors (Lipinski definition) is 2. The molecular weight excluding hydrogens is 252 g/mol. The maximum absolute atomic E-state index is 12.2. The van der Waals surface area contributed by atoms with Gasteiger partial charge in [-0.2, -0.15) is 0 Å². The SMILES string of the molecule is CCC(CC(=O)c1ccccc1)Sc1ccccc1. The lowest BCUT2D eigenvalue weighted by Crippen LogP contribution is -2.09. The second kappa shape index (κ2) is 7.15. The van der Waals surface area contributed by atoms with E-state index in [0.29, 0.717) is 11.7 Å². The highest BCUT2D eigenvalue weighted by atomic mass is 32.2. The highest BCUT2D eigenvalue weighted by Crippen LogP contribution is 2.28. The zero-order valence-corrected chi connectivity index (χ0v) is 11.9. The molecule has 0 amide bonds. The van der Waals surface area contributed by atoms with Crippen molar-refractivity contribution >= 4 is 17.5 Å². The predicted molar refractivity (Wildman–Crippen MR) is 81.8 cm³/mol. The van der Waals surface area contributed by atoms with Crippen LogP contribution in [0.2, 0.25) is 0 Å². The van der Waals surface area contributed by atoms with Gasteiger partial charge in [-0.25, -0.2) is 0 Å². The molecule has 2 aromatic carbocycles. The van der Waals surface area contributed by atoms with Crippen LogP contribution in [0.5, 0.6) is 0 Å². The van der Waals surface area contributed by atoms with E-state index in [9.17, 15) is 4.79 Å². The highest BCUT2D eigenvalue weighted by Gasteiger charge is 2.14. The van der Waals surface area contributed by atoms with E-state index in [-0.39, 0.29) is 5.78 Å².